The van der Waals surface area contributed by atoms with Gasteiger partial charge in [0.1, 0.15) is 10.5 Å². The summed E-state index contributed by atoms with van der Waals surface area (Å²) in [5, 5.41) is 0.513. The highest BCUT2D eigenvalue weighted by atomic mass is 32.2. The van der Waals surface area contributed by atoms with Gasteiger partial charge in [0.25, 0.3) is 5.56 Å². The van der Waals surface area contributed by atoms with E-state index in [9.17, 15) is 4.79 Å². The molecule has 0 amide bonds. The number of hydrogen-bond donors (Lipinski definition) is 1. The van der Waals surface area contributed by atoms with Gasteiger partial charge in [-0.3, -0.25) is 9.36 Å². The highest BCUT2D eigenvalue weighted by Gasteiger charge is 2.16. The molecule has 0 fully saturated rings. The van der Waals surface area contributed by atoms with Crippen LogP contribution in [0.1, 0.15) is 11.5 Å². The second-order valence-corrected chi connectivity index (χ2v) is 9.35. The first-order chi connectivity index (χ1) is 15.1. The molecule has 31 heavy (non-hydrogen) atoms. The standard InChI is InChI=1S/C22H16N4O2S3/c1-13-16(23-20(28-13)14-8-4-2-5-9-14)12-30-21-24-18-17(19(27)25-21)31-22(29)26(18)15-10-6-3-7-11-15/h2-11H,12H2,1H3,(H,24,25,27). The summed E-state index contributed by atoms with van der Waals surface area (Å²) in [5.74, 6) is 1.85. The van der Waals surface area contributed by atoms with Gasteiger partial charge in [-0.1, -0.05) is 59.5 Å². The van der Waals surface area contributed by atoms with Crippen LogP contribution in [0.2, 0.25) is 0 Å². The van der Waals surface area contributed by atoms with Crippen molar-refractivity contribution in [1.29, 1.82) is 0 Å². The molecule has 0 aliphatic heterocycles. The van der Waals surface area contributed by atoms with Crippen LogP contribution in [0, 0.1) is 10.9 Å². The fourth-order valence-electron chi connectivity index (χ4n) is 3.17. The average Bonchev–Trinajstić information content (AvgIpc) is 3.33. The molecule has 0 saturated carbocycles. The van der Waals surface area contributed by atoms with Gasteiger partial charge in [-0.15, -0.1) is 0 Å². The molecule has 9 heteroatoms. The Balaban J connectivity index is 1.48. The molecule has 0 aliphatic carbocycles. The first-order valence-corrected chi connectivity index (χ1v) is 11.7. The number of hydrogen-bond acceptors (Lipinski definition) is 7. The first-order valence-electron chi connectivity index (χ1n) is 9.46. The van der Waals surface area contributed by atoms with Gasteiger partial charge in [-0.2, -0.15) is 0 Å². The van der Waals surface area contributed by atoms with Crippen LogP contribution in [0.3, 0.4) is 0 Å². The molecule has 5 aromatic rings. The van der Waals surface area contributed by atoms with Crippen LogP contribution in [0.4, 0.5) is 0 Å². The van der Waals surface area contributed by atoms with E-state index in [2.05, 4.69) is 9.97 Å². The number of fused-ring (bicyclic) bond motifs is 1. The number of thiazole rings is 1. The van der Waals surface area contributed by atoms with Gasteiger partial charge in [0, 0.05) is 17.0 Å². The number of H-pyrrole nitrogens is 1. The van der Waals surface area contributed by atoms with E-state index in [1.54, 1.807) is 0 Å². The summed E-state index contributed by atoms with van der Waals surface area (Å²) in [5.41, 5.74) is 2.99. The van der Waals surface area contributed by atoms with E-state index in [4.69, 9.17) is 21.6 Å². The molecule has 0 radical (unpaired) electrons. The van der Waals surface area contributed by atoms with Crippen LogP contribution >= 0.6 is 35.3 Å². The van der Waals surface area contributed by atoms with E-state index in [-0.39, 0.29) is 5.56 Å². The number of para-hydroxylation sites is 1. The van der Waals surface area contributed by atoms with Gasteiger partial charge in [-0.25, -0.2) is 9.97 Å². The van der Waals surface area contributed by atoms with E-state index in [1.165, 1.54) is 23.1 Å². The van der Waals surface area contributed by atoms with Crippen LogP contribution in [0.5, 0.6) is 0 Å². The molecule has 2 aromatic carbocycles. The molecule has 0 atom stereocenters. The third-order valence-electron chi connectivity index (χ3n) is 4.69. The molecule has 0 unspecified atom stereocenters. The third-order valence-corrected chi connectivity index (χ3v) is 6.94. The Morgan fingerprint density at radius 1 is 1.10 bits per heavy atom. The Hall–Kier alpha value is -3.01. The number of aryl methyl sites for hydroxylation is 1. The number of thioether (sulfide) groups is 1. The average molecular weight is 465 g/mol. The van der Waals surface area contributed by atoms with Crippen LogP contribution in [-0.2, 0) is 5.75 Å². The number of aromatic amines is 1. The maximum atomic E-state index is 12.7. The Morgan fingerprint density at radius 2 is 1.81 bits per heavy atom. The van der Waals surface area contributed by atoms with Crippen molar-refractivity contribution in [2.24, 2.45) is 0 Å². The third kappa shape index (κ3) is 3.87. The van der Waals surface area contributed by atoms with Crippen LogP contribution in [-0.4, -0.2) is 19.5 Å². The van der Waals surface area contributed by atoms with Gasteiger partial charge >= 0.3 is 0 Å². The van der Waals surface area contributed by atoms with Gasteiger partial charge in [0.05, 0.1) is 5.69 Å². The van der Waals surface area contributed by atoms with Crippen molar-refractivity contribution in [3.05, 3.63) is 86.4 Å². The number of rotatable bonds is 5. The minimum atomic E-state index is -0.194. The maximum absolute atomic E-state index is 12.7. The van der Waals surface area contributed by atoms with E-state index < -0.39 is 0 Å². The predicted molar refractivity (Wildman–Crippen MR) is 127 cm³/mol. The molecule has 0 saturated heterocycles. The summed E-state index contributed by atoms with van der Waals surface area (Å²) in [6.45, 7) is 1.89. The lowest BCUT2D eigenvalue weighted by atomic mass is 10.2. The van der Waals surface area contributed by atoms with Crippen LogP contribution < -0.4 is 5.56 Å². The Bertz CT molecular complexity index is 1480. The summed E-state index contributed by atoms with van der Waals surface area (Å²) in [7, 11) is 0. The monoisotopic (exact) mass is 464 g/mol. The van der Waals surface area contributed by atoms with E-state index in [1.807, 2.05) is 72.2 Å². The number of nitrogens with one attached hydrogen (secondary N) is 1. The zero-order valence-corrected chi connectivity index (χ0v) is 18.8. The number of aromatic nitrogens is 4. The predicted octanol–water partition coefficient (Wildman–Crippen LogP) is 5.76. The molecule has 0 bridgehead atoms. The molecule has 6 nitrogen and oxygen atoms in total. The number of nitrogens with zero attached hydrogens (tertiary/aromatic N) is 3. The summed E-state index contributed by atoms with van der Waals surface area (Å²) >= 11 is 8.17. The normalized spacial score (nSPS) is 11.3. The first kappa shape index (κ1) is 19.9. The zero-order chi connectivity index (χ0) is 21.4. The van der Waals surface area contributed by atoms with Crippen molar-refractivity contribution in [3.8, 4) is 17.1 Å². The highest BCUT2D eigenvalue weighted by molar-refractivity contribution is 7.98. The van der Waals surface area contributed by atoms with Crippen LogP contribution in [0.25, 0.3) is 27.5 Å². The van der Waals surface area contributed by atoms with Crippen LogP contribution in [0.15, 0.2) is 75.0 Å². The summed E-state index contributed by atoms with van der Waals surface area (Å²) in [6.07, 6.45) is 0. The molecular formula is C22H16N4O2S3. The largest absolute Gasteiger partial charge is 0.441 e. The van der Waals surface area contributed by atoms with Gasteiger partial charge < -0.3 is 9.40 Å². The molecule has 154 valence electrons. The lowest BCUT2D eigenvalue weighted by Gasteiger charge is -2.05. The second-order valence-electron chi connectivity index (χ2n) is 6.74. The quantitative estimate of drug-likeness (QED) is 0.202. The van der Waals surface area contributed by atoms with Crippen molar-refractivity contribution >= 4 is 45.7 Å². The second kappa shape index (κ2) is 8.26. The van der Waals surface area contributed by atoms with Crippen molar-refractivity contribution in [2.75, 3.05) is 0 Å². The molecular weight excluding hydrogens is 448 g/mol. The van der Waals surface area contributed by atoms with E-state index in [0.29, 0.717) is 31.1 Å². The summed E-state index contributed by atoms with van der Waals surface area (Å²) in [6, 6.07) is 19.5. The van der Waals surface area contributed by atoms with E-state index in [0.717, 1.165) is 22.7 Å². The minimum Gasteiger partial charge on any atom is -0.441 e. The highest BCUT2D eigenvalue weighted by Crippen LogP contribution is 2.28. The molecule has 1 N–H and O–H groups in total. The fourth-order valence-corrected chi connectivity index (χ4v) is 5.30. The summed E-state index contributed by atoms with van der Waals surface area (Å²) < 4.78 is 8.77. The molecule has 0 aliphatic rings. The lowest BCUT2D eigenvalue weighted by Crippen LogP contribution is -2.09. The summed E-state index contributed by atoms with van der Waals surface area (Å²) in [4.78, 5) is 24.9. The van der Waals surface area contributed by atoms with E-state index >= 15 is 0 Å². The van der Waals surface area contributed by atoms with Crippen molar-refractivity contribution < 1.29 is 4.42 Å². The van der Waals surface area contributed by atoms with Gasteiger partial charge in [0.15, 0.2) is 14.8 Å². The Kier molecular flexibility index (Phi) is 5.31. The molecule has 3 aromatic heterocycles. The Morgan fingerprint density at radius 3 is 2.55 bits per heavy atom. The van der Waals surface area contributed by atoms with Gasteiger partial charge in [-0.05, 0) is 43.4 Å². The van der Waals surface area contributed by atoms with Crippen molar-refractivity contribution in [1.82, 2.24) is 19.5 Å². The number of benzene rings is 2. The maximum Gasteiger partial charge on any atom is 0.271 e. The smallest absolute Gasteiger partial charge is 0.271 e. The van der Waals surface area contributed by atoms with Crippen molar-refractivity contribution in [2.45, 2.75) is 17.8 Å². The lowest BCUT2D eigenvalue weighted by molar-refractivity contribution is 0.540. The van der Waals surface area contributed by atoms with Crippen molar-refractivity contribution in [3.63, 3.8) is 0 Å². The SMILES string of the molecule is Cc1oc(-c2ccccc2)nc1CSc1nc2c(sc(=S)n2-c2ccccc2)c(=O)[nH]1. The number of oxazole rings is 1. The molecule has 3 heterocycles. The fraction of sp³-hybridized carbons (Fsp3) is 0.0909. The zero-order valence-electron chi connectivity index (χ0n) is 16.4. The molecule has 5 rings (SSSR count). The topological polar surface area (TPSA) is 76.7 Å². The minimum absolute atomic E-state index is 0.194. The molecule has 0 spiro atoms. The van der Waals surface area contributed by atoms with Gasteiger partial charge in [0.2, 0.25) is 5.89 Å². The Labute approximate surface area is 190 Å².